The lowest BCUT2D eigenvalue weighted by atomic mass is 10.1. The summed E-state index contributed by atoms with van der Waals surface area (Å²) in [5, 5.41) is 3.65. The SMILES string of the molecule is O=C(COC(=O)CCc1c[nH]c2ccccc12)N[C@@H]1CCS(=O)(=O)C1. The number of para-hydroxylation sites is 1. The van der Waals surface area contributed by atoms with Crippen LogP contribution >= 0.6 is 0 Å². The minimum Gasteiger partial charge on any atom is -0.456 e. The molecule has 3 rings (SSSR count). The highest BCUT2D eigenvalue weighted by atomic mass is 32.2. The second-order valence-electron chi connectivity index (χ2n) is 6.19. The Bertz CT molecular complexity index is 887. The maximum absolute atomic E-state index is 11.8. The first-order chi connectivity index (χ1) is 11.9. The van der Waals surface area contributed by atoms with E-state index < -0.39 is 21.7 Å². The number of nitrogens with one attached hydrogen (secondary N) is 2. The van der Waals surface area contributed by atoms with Gasteiger partial charge in [0.25, 0.3) is 5.91 Å². The summed E-state index contributed by atoms with van der Waals surface area (Å²) < 4.78 is 27.6. The fourth-order valence-corrected chi connectivity index (χ4v) is 4.64. The summed E-state index contributed by atoms with van der Waals surface area (Å²) in [6.45, 7) is -0.386. The number of hydrogen-bond acceptors (Lipinski definition) is 5. The summed E-state index contributed by atoms with van der Waals surface area (Å²) in [6.07, 6.45) is 2.96. The summed E-state index contributed by atoms with van der Waals surface area (Å²) in [6, 6.07) is 7.43. The van der Waals surface area contributed by atoms with Gasteiger partial charge in [0.05, 0.1) is 11.5 Å². The predicted octanol–water partition coefficient (Wildman–Crippen LogP) is 0.947. The maximum Gasteiger partial charge on any atom is 0.306 e. The topological polar surface area (TPSA) is 105 Å². The van der Waals surface area contributed by atoms with Gasteiger partial charge in [-0.15, -0.1) is 0 Å². The number of ether oxygens (including phenoxy) is 1. The van der Waals surface area contributed by atoms with Crippen molar-refractivity contribution in [3.05, 3.63) is 36.0 Å². The number of esters is 1. The van der Waals surface area contributed by atoms with E-state index in [4.69, 9.17) is 4.74 Å². The summed E-state index contributed by atoms with van der Waals surface area (Å²) in [7, 11) is -3.05. The maximum atomic E-state index is 11.8. The van der Waals surface area contributed by atoms with E-state index in [1.54, 1.807) is 0 Å². The molecule has 0 saturated carbocycles. The molecule has 8 heteroatoms. The molecule has 0 unspecified atom stereocenters. The first-order valence-corrected chi connectivity index (χ1v) is 9.95. The molecule has 0 radical (unpaired) electrons. The van der Waals surface area contributed by atoms with Crippen molar-refractivity contribution >= 4 is 32.6 Å². The van der Waals surface area contributed by atoms with Crippen LogP contribution in [0.1, 0.15) is 18.4 Å². The molecule has 7 nitrogen and oxygen atoms in total. The van der Waals surface area contributed by atoms with Crippen molar-refractivity contribution in [1.82, 2.24) is 10.3 Å². The predicted molar refractivity (Wildman–Crippen MR) is 92.8 cm³/mol. The molecule has 134 valence electrons. The first kappa shape index (κ1) is 17.5. The van der Waals surface area contributed by atoms with Crippen LogP contribution in [0.5, 0.6) is 0 Å². The largest absolute Gasteiger partial charge is 0.456 e. The molecule has 0 aliphatic carbocycles. The number of aryl methyl sites for hydroxylation is 1. The minimum atomic E-state index is -3.05. The average Bonchev–Trinajstić information content (AvgIpc) is 3.14. The third kappa shape index (κ3) is 4.60. The lowest BCUT2D eigenvalue weighted by Crippen LogP contribution is -2.38. The fraction of sp³-hybridized carbons (Fsp3) is 0.412. The van der Waals surface area contributed by atoms with Gasteiger partial charge in [0, 0.05) is 29.6 Å². The molecule has 1 amide bonds. The molecule has 2 N–H and O–H groups in total. The van der Waals surface area contributed by atoms with E-state index in [0.29, 0.717) is 12.8 Å². The first-order valence-electron chi connectivity index (χ1n) is 8.13. The van der Waals surface area contributed by atoms with Crippen LogP contribution in [0.15, 0.2) is 30.5 Å². The van der Waals surface area contributed by atoms with Gasteiger partial charge in [-0.05, 0) is 24.5 Å². The number of aromatic nitrogens is 1. The summed E-state index contributed by atoms with van der Waals surface area (Å²) >= 11 is 0. The molecule has 1 aromatic heterocycles. The van der Waals surface area contributed by atoms with E-state index in [-0.39, 0.29) is 30.6 Å². The fourth-order valence-electron chi connectivity index (χ4n) is 2.97. The van der Waals surface area contributed by atoms with Crippen LogP contribution in [0.4, 0.5) is 0 Å². The molecule has 0 spiro atoms. The Morgan fingerprint density at radius 1 is 1.28 bits per heavy atom. The van der Waals surface area contributed by atoms with Gasteiger partial charge >= 0.3 is 5.97 Å². The van der Waals surface area contributed by atoms with Crippen LogP contribution in [-0.2, 0) is 30.6 Å². The molecule has 1 aliphatic rings. The van der Waals surface area contributed by atoms with Gasteiger partial charge in [0.1, 0.15) is 0 Å². The number of amides is 1. The molecule has 0 bridgehead atoms. The van der Waals surface area contributed by atoms with Gasteiger partial charge in [-0.2, -0.15) is 0 Å². The van der Waals surface area contributed by atoms with Crippen molar-refractivity contribution in [3.63, 3.8) is 0 Å². The second kappa shape index (κ2) is 7.26. The number of H-pyrrole nitrogens is 1. The zero-order valence-corrected chi connectivity index (χ0v) is 14.5. The molecular weight excluding hydrogens is 344 g/mol. The lowest BCUT2D eigenvalue weighted by Gasteiger charge is -2.11. The molecule has 1 aliphatic heterocycles. The molecular formula is C17H20N2O5S. The Hall–Kier alpha value is -2.35. The number of carbonyl (C=O) groups excluding carboxylic acids is 2. The Kier molecular flexibility index (Phi) is 5.08. The Morgan fingerprint density at radius 2 is 2.08 bits per heavy atom. The van der Waals surface area contributed by atoms with E-state index in [1.165, 1.54) is 0 Å². The lowest BCUT2D eigenvalue weighted by molar-refractivity contribution is -0.148. The normalized spacial score (nSPS) is 19.0. The quantitative estimate of drug-likeness (QED) is 0.743. The van der Waals surface area contributed by atoms with Crippen molar-refractivity contribution in [2.75, 3.05) is 18.1 Å². The smallest absolute Gasteiger partial charge is 0.306 e. The van der Waals surface area contributed by atoms with Gasteiger partial charge < -0.3 is 15.0 Å². The van der Waals surface area contributed by atoms with Gasteiger partial charge in [0.2, 0.25) is 0 Å². The number of hydrogen-bond donors (Lipinski definition) is 2. The Labute approximate surface area is 145 Å². The van der Waals surface area contributed by atoms with Crippen molar-refractivity contribution in [2.45, 2.75) is 25.3 Å². The highest BCUT2D eigenvalue weighted by Gasteiger charge is 2.29. The van der Waals surface area contributed by atoms with Crippen molar-refractivity contribution in [3.8, 4) is 0 Å². The zero-order valence-electron chi connectivity index (χ0n) is 13.7. The van der Waals surface area contributed by atoms with Gasteiger partial charge in [-0.3, -0.25) is 9.59 Å². The van der Waals surface area contributed by atoms with Crippen molar-refractivity contribution < 1.29 is 22.7 Å². The number of benzene rings is 1. The molecule has 1 fully saturated rings. The van der Waals surface area contributed by atoms with E-state index in [1.807, 2.05) is 30.5 Å². The third-order valence-corrected chi connectivity index (χ3v) is 6.00. The third-order valence-electron chi connectivity index (χ3n) is 4.24. The summed E-state index contributed by atoms with van der Waals surface area (Å²) in [5.74, 6) is -0.891. The monoisotopic (exact) mass is 364 g/mol. The van der Waals surface area contributed by atoms with E-state index in [9.17, 15) is 18.0 Å². The van der Waals surface area contributed by atoms with Crippen LogP contribution in [0, 0.1) is 0 Å². The summed E-state index contributed by atoms with van der Waals surface area (Å²) in [5.41, 5.74) is 2.03. The van der Waals surface area contributed by atoms with Crippen LogP contribution in [0.25, 0.3) is 10.9 Å². The second-order valence-corrected chi connectivity index (χ2v) is 8.42. The molecule has 1 aromatic carbocycles. The van der Waals surface area contributed by atoms with E-state index in [2.05, 4.69) is 10.3 Å². The summed E-state index contributed by atoms with van der Waals surface area (Å²) in [4.78, 5) is 26.7. The van der Waals surface area contributed by atoms with Crippen LogP contribution < -0.4 is 5.32 Å². The number of sulfone groups is 1. The van der Waals surface area contributed by atoms with E-state index in [0.717, 1.165) is 16.5 Å². The van der Waals surface area contributed by atoms with Crippen LogP contribution in [-0.4, -0.2) is 49.4 Å². The zero-order chi connectivity index (χ0) is 17.9. The van der Waals surface area contributed by atoms with Gasteiger partial charge in [0.15, 0.2) is 16.4 Å². The van der Waals surface area contributed by atoms with Crippen molar-refractivity contribution in [1.29, 1.82) is 0 Å². The average molecular weight is 364 g/mol. The number of fused-ring (bicyclic) bond motifs is 1. The van der Waals surface area contributed by atoms with Crippen molar-refractivity contribution in [2.24, 2.45) is 0 Å². The number of carbonyl (C=O) groups is 2. The Morgan fingerprint density at radius 3 is 2.84 bits per heavy atom. The Balaban J connectivity index is 1.41. The standard InChI is InChI=1S/C17H20N2O5S/c20-16(19-13-7-8-25(22,23)11-13)10-24-17(21)6-5-12-9-18-15-4-2-1-3-14(12)15/h1-4,9,13,18H,5-8,10-11H2,(H,19,20)/t13-/m1/s1. The molecule has 2 heterocycles. The molecule has 1 atom stereocenters. The van der Waals surface area contributed by atoms with Gasteiger partial charge in [-0.25, -0.2) is 8.42 Å². The van der Waals surface area contributed by atoms with E-state index >= 15 is 0 Å². The van der Waals surface area contributed by atoms with Crippen LogP contribution in [0.3, 0.4) is 0 Å². The highest BCUT2D eigenvalue weighted by molar-refractivity contribution is 7.91. The highest BCUT2D eigenvalue weighted by Crippen LogP contribution is 2.19. The molecule has 25 heavy (non-hydrogen) atoms. The molecule has 2 aromatic rings. The van der Waals surface area contributed by atoms with Crippen LogP contribution in [0.2, 0.25) is 0 Å². The number of aromatic amines is 1. The minimum absolute atomic E-state index is 0.0484. The van der Waals surface area contributed by atoms with Gasteiger partial charge in [-0.1, -0.05) is 18.2 Å². The number of rotatable bonds is 6. The molecule has 1 saturated heterocycles.